The van der Waals surface area contributed by atoms with Crippen LogP contribution in [0.2, 0.25) is 0 Å². The van der Waals surface area contributed by atoms with Crippen LogP contribution in [0.25, 0.3) is 0 Å². The molecule has 0 aromatic rings. The van der Waals surface area contributed by atoms with Crippen LogP contribution < -0.4 is 0 Å². The Labute approximate surface area is 90.1 Å². The van der Waals surface area contributed by atoms with Gasteiger partial charge in [-0.05, 0) is 38.5 Å². The highest BCUT2D eigenvalue weighted by Crippen LogP contribution is 2.57. The summed E-state index contributed by atoms with van der Waals surface area (Å²) < 4.78 is 11.3. The fourth-order valence-electron chi connectivity index (χ4n) is 3.72. The summed E-state index contributed by atoms with van der Waals surface area (Å²) in [6.07, 6.45) is 7.57. The van der Waals surface area contributed by atoms with Crippen molar-refractivity contribution < 1.29 is 14.3 Å². The van der Waals surface area contributed by atoms with Gasteiger partial charge in [0.2, 0.25) is 0 Å². The molecule has 0 aromatic heterocycles. The van der Waals surface area contributed by atoms with E-state index in [2.05, 4.69) is 0 Å². The van der Waals surface area contributed by atoms with E-state index in [0.717, 1.165) is 25.9 Å². The number of fused-ring (bicyclic) bond motifs is 1. The van der Waals surface area contributed by atoms with E-state index in [1.807, 2.05) is 0 Å². The Bertz CT molecular complexity index is 281. The fourth-order valence-corrected chi connectivity index (χ4v) is 3.72. The van der Waals surface area contributed by atoms with Crippen molar-refractivity contribution in [2.24, 2.45) is 5.41 Å². The molecule has 3 heteroatoms. The minimum atomic E-state index is -0.0227. The number of rotatable bonds is 0. The third-order valence-electron chi connectivity index (χ3n) is 4.55. The predicted octanol–water partition coefficient (Wildman–Crippen LogP) is 2.04. The normalized spacial score (nSPS) is 45.2. The van der Waals surface area contributed by atoms with E-state index in [4.69, 9.17) is 9.47 Å². The molecule has 1 aliphatic carbocycles. The second kappa shape index (κ2) is 3.21. The van der Waals surface area contributed by atoms with Crippen molar-refractivity contribution in [2.45, 2.75) is 50.5 Å². The Morgan fingerprint density at radius 2 is 1.93 bits per heavy atom. The van der Waals surface area contributed by atoms with Crippen molar-refractivity contribution in [3.8, 4) is 0 Å². The number of hydrogen-bond donors (Lipinski definition) is 0. The molecular weight excluding hydrogens is 192 g/mol. The molecule has 0 aromatic carbocycles. The van der Waals surface area contributed by atoms with Crippen LogP contribution >= 0.6 is 0 Å². The molecule has 84 valence electrons. The van der Waals surface area contributed by atoms with Crippen molar-refractivity contribution in [3.63, 3.8) is 0 Å². The molecule has 0 unspecified atom stereocenters. The fraction of sp³-hybridized carbons (Fsp3) is 0.917. The van der Waals surface area contributed by atoms with E-state index < -0.39 is 0 Å². The Morgan fingerprint density at radius 1 is 1.07 bits per heavy atom. The molecule has 2 saturated heterocycles. The average Bonchev–Trinajstić information content (AvgIpc) is 2.76. The monoisotopic (exact) mass is 210 g/mol. The van der Waals surface area contributed by atoms with Crippen molar-refractivity contribution >= 4 is 5.97 Å². The zero-order valence-electron chi connectivity index (χ0n) is 9.09. The van der Waals surface area contributed by atoms with Crippen LogP contribution in [0.4, 0.5) is 0 Å². The van der Waals surface area contributed by atoms with Gasteiger partial charge >= 0.3 is 5.97 Å². The van der Waals surface area contributed by atoms with Crippen LogP contribution in [0.1, 0.15) is 44.9 Å². The Hall–Kier alpha value is -0.570. The first kappa shape index (κ1) is 9.64. The largest absolute Gasteiger partial charge is 0.465 e. The lowest BCUT2D eigenvalue weighted by molar-refractivity contribution is -0.144. The molecule has 1 saturated carbocycles. The number of carbonyl (C=O) groups excluding carboxylic acids is 1. The van der Waals surface area contributed by atoms with Gasteiger partial charge in [-0.2, -0.15) is 0 Å². The molecule has 3 fully saturated rings. The molecule has 3 rings (SSSR count). The average molecular weight is 210 g/mol. The van der Waals surface area contributed by atoms with Crippen molar-refractivity contribution in [1.29, 1.82) is 0 Å². The lowest BCUT2D eigenvalue weighted by Crippen LogP contribution is -2.48. The van der Waals surface area contributed by atoms with Gasteiger partial charge in [0.15, 0.2) is 0 Å². The lowest BCUT2D eigenvalue weighted by atomic mass is 9.70. The summed E-state index contributed by atoms with van der Waals surface area (Å²) >= 11 is 0. The summed E-state index contributed by atoms with van der Waals surface area (Å²) in [4.78, 5) is 11.4. The van der Waals surface area contributed by atoms with Crippen LogP contribution in [-0.4, -0.2) is 24.8 Å². The van der Waals surface area contributed by atoms with Gasteiger partial charge in [-0.1, -0.05) is 0 Å². The molecule has 0 amide bonds. The minimum absolute atomic E-state index is 0.0165. The Balaban J connectivity index is 1.90. The molecule has 2 aliphatic heterocycles. The summed E-state index contributed by atoms with van der Waals surface area (Å²) in [6.45, 7) is 1.47. The van der Waals surface area contributed by atoms with E-state index in [1.165, 1.54) is 19.3 Å². The molecule has 2 spiro atoms. The quantitative estimate of drug-likeness (QED) is 0.574. The predicted molar refractivity (Wildman–Crippen MR) is 54.4 cm³/mol. The number of ether oxygens (including phenoxy) is 2. The Kier molecular flexibility index (Phi) is 2.06. The molecule has 15 heavy (non-hydrogen) atoms. The highest BCUT2D eigenvalue weighted by Gasteiger charge is 2.60. The van der Waals surface area contributed by atoms with Gasteiger partial charge in [0.25, 0.3) is 0 Å². The van der Waals surface area contributed by atoms with Gasteiger partial charge in [0.1, 0.15) is 6.61 Å². The first-order chi connectivity index (χ1) is 7.27. The van der Waals surface area contributed by atoms with Crippen molar-refractivity contribution in [2.75, 3.05) is 13.2 Å². The van der Waals surface area contributed by atoms with Crippen molar-refractivity contribution in [3.05, 3.63) is 0 Å². The first-order valence-corrected chi connectivity index (χ1v) is 6.06. The molecule has 2 atom stereocenters. The molecule has 0 bridgehead atoms. The van der Waals surface area contributed by atoms with Gasteiger partial charge in [-0.3, -0.25) is 4.79 Å². The SMILES string of the molecule is O=C1C[C@]2(CCC[C@]23CCCCO3)CO1. The maximum absolute atomic E-state index is 11.4. The van der Waals surface area contributed by atoms with Crippen LogP contribution in [0.3, 0.4) is 0 Å². The smallest absolute Gasteiger partial charge is 0.306 e. The van der Waals surface area contributed by atoms with Crippen LogP contribution in [-0.2, 0) is 14.3 Å². The third-order valence-corrected chi connectivity index (χ3v) is 4.55. The number of carbonyl (C=O) groups is 1. The van der Waals surface area contributed by atoms with Crippen molar-refractivity contribution in [1.82, 2.24) is 0 Å². The van der Waals surface area contributed by atoms with Gasteiger partial charge in [0.05, 0.1) is 12.0 Å². The zero-order valence-corrected chi connectivity index (χ0v) is 9.09. The van der Waals surface area contributed by atoms with Gasteiger partial charge < -0.3 is 9.47 Å². The topological polar surface area (TPSA) is 35.5 Å². The van der Waals surface area contributed by atoms with E-state index >= 15 is 0 Å². The molecule has 0 radical (unpaired) electrons. The highest BCUT2D eigenvalue weighted by atomic mass is 16.5. The summed E-state index contributed by atoms with van der Waals surface area (Å²) in [5, 5.41) is 0. The number of cyclic esters (lactones) is 1. The second-order valence-electron chi connectivity index (χ2n) is 5.27. The van der Waals surface area contributed by atoms with E-state index in [0.29, 0.717) is 13.0 Å². The molecule has 0 N–H and O–H groups in total. The molecule has 3 aliphatic rings. The number of hydrogen-bond acceptors (Lipinski definition) is 3. The van der Waals surface area contributed by atoms with Gasteiger partial charge in [-0.25, -0.2) is 0 Å². The summed E-state index contributed by atoms with van der Waals surface area (Å²) in [5.41, 5.74) is 0.0158. The van der Waals surface area contributed by atoms with Crippen LogP contribution in [0.5, 0.6) is 0 Å². The zero-order chi connectivity index (χ0) is 10.4. The first-order valence-electron chi connectivity index (χ1n) is 6.06. The van der Waals surface area contributed by atoms with Crippen LogP contribution in [0, 0.1) is 5.41 Å². The molecule has 3 nitrogen and oxygen atoms in total. The third kappa shape index (κ3) is 1.25. The minimum Gasteiger partial charge on any atom is -0.465 e. The second-order valence-corrected chi connectivity index (χ2v) is 5.27. The summed E-state index contributed by atoms with van der Waals surface area (Å²) in [7, 11) is 0. The van der Waals surface area contributed by atoms with Crippen LogP contribution in [0.15, 0.2) is 0 Å². The maximum Gasteiger partial charge on any atom is 0.306 e. The number of esters is 1. The standard InChI is InChI=1S/C12H18O3/c13-10-8-11(9-14-10)4-3-6-12(11)5-1-2-7-15-12/h1-9H2/t11-,12-/m1/s1. The molecule has 2 heterocycles. The lowest BCUT2D eigenvalue weighted by Gasteiger charge is -2.44. The maximum atomic E-state index is 11.4. The highest BCUT2D eigenvalue weighted by molar-refractivity contribution is 5.73. The summed E-state index contributed by atoms with van der Waals surface area (Å²) in [5.74, 6) is -0.0227. The summed E-state index contributed by atoms with van der Waals surface area (Å²) in [6, 6.07) is 0. The Morgan fingerprint density at radius 3 is 2.60 bits per heavy atom. The van der Waals surface area contributed by atoms with Gasteiger partial charge in [0, 0.05) is 12.0 Å². The van der Waals surface area contributed by atoms with Gasteiger partial charge in [-0.15, -0.1) is 0 Å². The molecular formula is C12H18O3. The van der Waals surface area contributed by atoms with E-state index in [-0.39, 0.29) is 17.0 Å². The van der Waals surface area contributed by atoms with E-state index in [1.54, 1.807) is 0 Å². The van der Waals surface area contributed by atoms with E-state index in [9.17, 15) is 4.79 Å².